The molecule has 0 unspecified atom stereocenters. The molecule has 0 aliphatic heterocycles. The number of rotatable bonds is 4. The van der Waals surface area contributed by atoms with Crippen LogP contribution in [0.3, 0.4) is 0 Å². The SMILES string of the molecule is c1ccc(-c2ccc(-c3[nH]c(-c4cccc5ccccc45)nc3-c3ccccc3)cc2)cc1. The maximum Gasteiger partial charge on any atom is 0.139 e. The molecule has 0 spiro atoms. The first-order valence-corrected chi connectivity index (χ1v) is 11.2. The van der Waals surface area contributed by atoms with Gasteiger partial charge < -0.3 is 4.98 Å². The number of imidazole rings is 1. The van der Waals surface area contributed by atoms with E-state index in [-0.39, 0.29) is 0 Å². The summed E-state index contributed by atoms with van der Waals surface area (Å²) in [5, 5.41) is 2.40. The predicted molar refractivity (Wildman–Crippen MR) is 138 cm³/mol. The zero-order valence-corrected chi connectivity index (χ0v) is 18.1. The maximum absolute atomic E-state index is 5.10. The van der Waals surface area contributed by atoms with Gasteiger partial charge in [0.2, 0.25) is 0 Å². The molecule has 1 aromatic heterocycles. The van der Waals surface area contributed by atoms with E-state index in [1.807, 2.05) is 12.1 Å². The molecule has 0 aliphatic carbocycles. The second kappa shape index (κ2) is 8.25. The Balaban J connectivity index is 1.51. The van der Waals surface area contributed by atoms with Crippen LogP contribution in [0.4, 0.5) is 0 Å². The van der Waals surface area contributed by atoms with Crippen molar-refractivity contribution in [3.05, 3.63) is 127 Å². The highest BCUT2D eigenvalue weighted by molar-refractivity contribution is 5.96. The quantitative estimate of drug-likeness (QED) is 0.304. The highest BCUT2D eigenvalue weighted by Crippen LogP contribution is 2.36. The molecular weight excluding hydrogens is 400 g/mol. The van der Waals surface area contributed by atoms with Crippen molar-refractivity contribution < 1.29 is 0 Å². The van der Waals surface area contributed by atoms with Crippen molar-refractivity contribution in [2.75, 3.05) is 0 Å². The third kappa shape index (κ3) is 3.62. The van der Waals surface area contributed by atoms with Gasteiger partial charge in [0.15, 0.2) is 0 Å². The van der Waals surface area contributed by atoms with E-state index in [0.29, 0.717) is 0 Å². The molecule has 2 nitrogen and oxygen atoms in total. The van der Waals surface area contributed by atoms with Crippen LogP contribution >= 0.6 is 0 Å². The number of nitrogens with one attached hydrogen (secondary N) is 1. The summed E-state index contributed by atoms with van der Waals surface area (Å²) in [5.41, 5.74) is 7.74. The molecule has 0 amide bonds. The van der Waals surface area contributed by atoms with Crippen molar-refractivity contribution >= 4 is 10.8 Å². The van der Waals surface area contributed by atoms with Crippen molar-refractivity contribution in [3.63, 3.8) is 0 Å². The molecule has 6 aromatic rings. The Hall–Kier alpha value is -4.43. The average Bonchev–Trinajstić information content (AvgIpc) is 3.35. The summed E-state index contributed by atoms with van der Waals surface area (Å²) in [5.74, 6) is 0.882. The minimum Gasteiger partial charge on any atom is -0.337 e. The van der Waals surface area contributed by atoms with Gasteiger partial charge in [-0.05, 0) is 21.9 Å². The van der Waals surface area contributed by atoms with Gasteiger partial charge in [0.05, 0.1) is 11.4 Å². The smallest absolute Gasteiger partial charge is 0.139 e. The van der Waals surface area contributed by atoms with Gasteiger partial charge in [-0.2, -0.15) is 0 Å². The van der Waals surface area contributed by atoms with E-state index in [2.05, 4.69) is 120 Å². The van der Waals surface area contributed by atoms with Crippen LogP contribution in [0.25, 0.3) is 55.8 Å². The number of hydrogen-bond acceptors (Lipinski definition) is 1. The standard InChI is InChI=1S/C31H22N2/c1-3-10-22(11-4-1)23-18-20-26(21-19-23)30-29(25-13-5-2-6-14-25)32-31(33-30)28-17-9-15-24-12-7-8-16-27(24)28/h1-21H,(H,32,33). The Morgan fingerprint density at radius 2 is 1.03 bits per heavy atom. The van der Waals surface area contributed by atoms with Crippen LogP contribution in [-0.2, 0) is 0 Å². The third-order valence-corrected chi connectivity index (χ3v) is 6.08. The molecule has 33 heavy (non-hydrogen) atoms. The lowest BCUT2D eigenvalue weighted by Gasteiger charge is -2.06. The summed E-state index contributed by atoms with van der Waals surface area (Å²) in [6.07, 6.45) is 0. The van der Waals surface area contributed by atoms with Gasteiger partial charge in [-0.3, -0.25) is 0 Å². The summed E-state index contributed by atoms with van der Waals surface area (Å²) < 4.78 is 0. The molecule has 0 radical (unpaired) electrons. The number of nitrogens with zero attached hydrogens (tertiary/aromatic N) is 1. The number of H-pyrrole nitrogens is 1. The Labute approximate surface area is 193 Å². The minimum atomic E-state index is 0.882. The highest BCUT2D eigenvalue weighted by Gasteiger charge is 2.16. The van der Waals surface area contributed by atoms with Crippen molar-refractivity contribution in [2.24, 2.45) is 0 Å². The Morgan fingerprint density at radius 1 is 0.455 bits per heavy atom. The first kappa shape index (κ1) is 19.3. The Bertz CT molecular complexity index is 1520. The monoisotopic (exact) mass is 422 g/mol. The van der Waals surface area contributed by atoms with Gasteiger partial charge in [0.1, 0.15) is 5.82 Å². The van der Waals surface area contributed by atoms with E-state index < -0.39 is 0 Å². The fourth-order valence-electron chi connectivity index (χ4n) is 4.41. The van der Waals surface area contributed by atoms with Crippen molar-refractivity contribution in [1.29, 1.82) is 0 Å². The number of hydrogen-bond donors (Lipinski definition) is 1. The number of fused-ring (bicyclic) bond motifs is 1. The van der Waals surface area contributed by atoms with Crippen LogP contribution in [0.2, 0.25) is 0 Å². The molecule has 1 heterocycles. The summed E-state index contributed by atoms with van der Waals surface area (Å²) in [4.78, 5) is 8.76. The Morgan fingerprint density at radius 3 is 1.79 bits per heavy atom. The molecule has 0 saturated heterocycles. The molecular formula is C31H22N2. The molecule has 156 valence electrons. The maximum atomic E-state index is 5.10. The highest BCUT2D eigenvalue weighted by atomic mass is 14.9. The lowest BCUT2D eigenvalue weighted by Crippen LogP contribution is -1.84. The largest absolute Gasteiger partial charge is 0.337 e. The lowest BCUT2D eigenvalue weighted by atomic mass is 10.0. The van der Waals surface area contributed by atoms with Crippen LogP contribution in [0.1, 0.15) is 0 Å². The van der Waals surface area contributed by atoms with Crippen LogP contribution in [-0.4, -0.2) is 9.97 Å². The topological polar surface area (TPSA) is 28.7 Å². The minimum absolute atomic E-state index is 0.882. The van der Waals surface area contributed by atoms with Crippen molar-refractivity contribution in [1.82, 2.24) is 9.97 Å². The zero-order valence-electron chi connectivity index (χ0n) is 18.1. The molecule has 0 fully saturated rings. The van der Waals surface area contributed by atoms with Gasteiger partial charge in [0, 0.05) is 16.7 Å². The number of aromatic nitrogens is 2. The average molecular weight is 423 g/mol. The van der Waals surface area contributed by atoms with Gasteiger partial charge in [-0.25, -0.2) is 4.98 Å². The third-order valence-electron chi connectivity index (χ3n) is 6.08. The van der Waals surface area contributed by atoms with E-state index in [1.165, 1.54) is 21.9 Å². The summed E-state index contributed by atoms with van der Waals surface area (Å²) in [7, 11) is 0. The molecule has 2 heteroatoms. The fourth-order valence-corrected chi connectivity index (χ4v) is 4.41. The van der Waals surface area contributed by atoms with Crippen molar-refractivity contribution in [2.45, 2.75) is 0 Å². The zero-order chi connectivity index (χ0) is 22.0. The normalized spacial score (nSPS) is 11.0. The van der Waals surface area contributed by atoms with E-state index in [0.717, 1.165) is 33.9 Å². The molecule has 0 aliphatic rings. The second-order valence-corrected chi connectivity index (χ2v) is 8.15. The Kier molecular flexibility index (Phi) is 4.82. The molecule has 0 atom stereocenters. The van der Waals surface area contributed by atoms with Gasteiger partial charge in [0.25, 0.3) is 0 Å². The van der Waals surface area contributed by atoms with Crippen LogP contribution < -0.4 is 0 Å². The van der Waals surface area contributed by atoms with Gasteiger partial charge in [-0.1, -0.05) is 127 Å². The number of aromatic amines is 1. The van der Waals surface area contributed by atoms with E-state index in [1.54, 1.807) is 0 Å². The van der Waals surface area contributed by atoms with Gasteiger partial charge >= 0.3 is 0 Å². The predicted octanol–water partition coefficient (Wildman–Crippen LogP) is 8.23. The molecule has 6 rings (SSSR count). The summed E-state index contributed by atoms with van der Waals surface area (Å²) in [6.45, 7) is 0. The summed E-state index contributed by atoms with van der Waals surface area (Å²) in [6, 6.07) is 44.4. The second-order valence-electron chi connectivity index (χ2n) is 8.15. The number of benzene rings is 5. The molecule has 0 saturated carbocycles. The van der Waals surface area contributed by atoms with E-state index in [9.17, 15) is 0 Å². The lowest BCUT2D eigenvalue weighted by molar-refractivity contribution is 1.32. The fraction of sp³-hybridized carbons (Fsp3) is 0. The van der Waals surface area contributed by atoms with E-state index >= 15 is 0 Å². The van der Waals surface area contributed by atoms with Crippen LogP contribution in [0.15, 0.2) is 127 Å². The first-order valence-electron chi connectivity index (χ1n) is 11.2. The van der Waals surface area contributed by atoms with Crippen molar-refractivity contribution in [3.8, 4) is 45.0 Å². The molecule has 5 aromatic carbocycles. The summed E-state index contributed by atoms with van der Waals surface area (Å²) >= 11 is 0. The first-order chi connectivity index (χ1) is 16.4. The van der Waals surface area contributed by atoms with Crippen LogP contribution in [0.5, 0.6) is 0 Å². The van der Waals surface area contributed by atoms with E-state index in [4.69, 9.17) is 4.98 Å². The molecule has 1 N–H and O–H groups in total. The molecule has 0 bridgehead atoms. The van der Waals surface area contributed by atoms with Gasteiger partial charge in [-0.15, -0.1) is 0 Å². The van der Waals surface area contributed by atoms with Crippen LogP contribution in [0, 0.1) is 0 Å².